The maximum Gasteiger partial charge on any atom is 0.389 e. The van der Waals surface area contributed by atoms with Crippen LogP contribution in [0.15, 0.2) is 42.5 Å². The summed E-state index contributed by atoms with van der Waals surface area (Å²) in [7, 11) is 0. The highest BCUT2D eigenvalue weighted by Crippen LogP contribution is 2.49. The summed E-state index contributed by atoms with van der Waals surface area (Å²) in [6.45, 7) is 3.82. The molecule has 8 heteroatoms. The predicted molar refractivity (Wildman–Crippen MR) is 142 cm³/mol. The summed E-state index contributed by atoms with van der Waals surface area (Å²) >= 11 is 0. The van der Waals surface area contributed by atoms with E-state index in [1.807, 2.05) is 49.4 Å². The van der Waals surface area contributed by atoms with E-state index < -0.39 is 30.4 Å². The molecule has 2 saturated carbocycles. The molecule has 2 aliphatic carbocycles. The standard InChI is InChI=1S/C30H37F3N2O3/c1-19-8-10-21(11-9-19)14-28(36)34-26-15-22(24-16-25(24)29(37)38)12-13-27(26)35(23-6-4-3-5-7-23)18-20(2)17-30(31,32)33/h8-13,15,20,23-25H,3-7,14,16-18H2,1-2H3,(H,34,36)(H,37,38)/t20?,24-,25-/m0/s1. The van der Waals surface area contributed by atoms with Gasteiger partial charge in [-0.2, -0.15) is 13.2 Å². The smallest absolute Gasteiger partial charge is 0.389 e. The monoisotopic (exact) mass is 530 g/mol. The number of carbonyl (C=O) groups is 2. The molecule has 0 saturated heterocycles. The van der Waals surface area contributed by atoms with Crippen molar-refractivity contribution >= 4 is 23.3 Å². The largest absolute Gasteiger partial charge is 0.481 e. The number of carboxylic acids is 1. The molecule has 38 heavy (non-hydrogen) atoms. The molecule has 3 atom stereocenters. The van der Waals surface area contributed by atoms with Crippen LogP contribution in [0.3, 0.4) is 0 Å². The molecular formula is C30H37F3N2O3. The summed E-state index contributed by atoms with van der Waals surface area (Å²) in [4.78, 5) is 26.7. The number of benzene rings is 2. The summed E-state index contributed by atoms with van der Waals surface area (Å²) in [5.41, 5.74) is 4.04. The van der Waals surface area contributed by atoms with Crippen molar-refractivity contribution in [2.75, 3.05) is 16.8 Å². The molecule has 1 unspecified atom stereocenters. The molecule has 1 amide bonds. The maximum absolute atomic E-state index is 13.2. The number of aryl methyl sites for hydroxylation is 1. The highest BCUT2D eigenvalue weighted by Gasteiger charge is 2.44. The van der Waals surface area contributed by atoms with Crippen LogP contribution in [-0.2, 0) is 16.0 Å². The van der Waals surface area contributed by atoms with Gasteiger partial charge in [-0.3, -0.25) is 9.59 Å². The van der Waals surface area contributed by atoms with Crippen molar-refractivity contribution in [3.63, 3.8) is 0 Å². The Hall–Kier alpha value is -3.03. The Kier molecular flexibility index (Phi) is 8.68. The minimum absolute atomic E-state index is 0.0886. The van der Waals surface area contributed by atoms with Crippen LogP contribution >= 0.6 is 0 Å². The normalized spacial score (nSPS) is 20.6. The molecule has 0 radical (unpaired) electrons. The highest BCUT2D eigenvalue weighted by molar-refractivity contribution is 5.96. The number of hydrogen-bond donors (Lipinski definition) is 2. The van der Waals surface area contributed by atoms with E-state index in [1.165, 1.54) is 0 Å². The van der Waals surface area contributed by atoms with Gasteiger partial charge in [0.25, 0.3) is 0 Å². The third kappa shape index (κ3) is 7.51. The van der Waals surface area contributed by atoms with Crippen LogP contribution in [0.1, 0.15) is 74.5 Å². The molecule has 4 rings (SSSR count). The number of hydrogen-bond acceptors (Lipinski definition) is 3. The third-order valence-corrected chi connectivity index (χ3v) is 7.73. The van der Waals surface area contributed by atoms with Gasteiger partial charge in [0.15, 0.2) is 0 Å². The van der Waals surface area contributed by atoms with E-state index in [9.17, 15) is 27.9 Å². The van der Waals surface area contributed by atoms with Crippen molar-refractivity contribution < 1.29 is 27.9 Å². The van der Waals surface area contributed by atoms with Gasteiger partial charge in [-0.15, -0.1) is 0 Å². The Bertz CT molecular complexity index is 1130. The number of anilines is 2. The molecule has 5 nitrogen and oxygen atoms in total. The van der Waals surface area contributed by atoms with E-state index in [-0.39, 0.29) is 30.8 Å². The molecule has 2 aromatic rings. The van der Waals surface area contributed by atoms with Gasteiger partial charge in [-0.1, -0.05) is 62.1 Å². The van der Waals surface area contributed by atoms with Gasteiger partial charge in [0.1, 0.15) is 0 Å². The number of carbonyl (C=O) groups excluding carboxylic acids is 1. The quantitative estimate of drug-likeness (QED) is 0.344. The fourth-order valence-electron chi connectivity index (χ4n) is 5.69. The number of carboxylic acid groups (broad SMARTS) is 1. The Morgan fingerprint density at radius 3 is 2.37 bits per heavy atom. The van der Waals surface area contributed by atoms with Crippen molar-refractivity contribution in [3.05, 3.63) is 59.2 Å². The lowest BCUT2D eigenvalue weighted by Gasteiger charge is -2.39. The first-order valence-electron chi connectivity index (χ1n) is 13.6. The van der Waals surface area contributed by atoms with E-state index in [4.69, 9.17) is 0 Å². The van der Waals surface area contributed by atoms with Gasteiger partial charge >= 0.3 is 12.1 Å². The van der Waals surface area contributed by atoms with E-state index in [1.54, 1.807) is 6.92 Å². The second-order valence-corrected chi connectivity index (χ2v) is 11.1. The Labute approximate surface area is 222 Å². The van der Waals surface area contributed by atoms with Gasteiger partial charge < -0.3 is 15.3 Å². The third-order valence-electron chi connectivity index (χ3n) is 7.73. The van der Waals surface area contributed by atoms with Crippen LogP contribution < -0.4 is 10.2 Å². The van der Waals surface area contributed by atoms with Crippen LogP contribution in [0, 0.1) is 18.8 Å². The average Bonchev–Trinajstić information content (AvgIpc) is 3.65. The van der Waals surface area contributed by atoms with Gasteiger partial charge in [-0.25, -0.2) is 0 Å². The molecule has 0 spiro atoms. The van der Waals surface area contributed by atoms with E-state index in [2.05, 4.69) is 10.2 Å². The highest BCUT2D eigenvalue weighted by atomic mass is 19.4. The Morgan fingerprint density at radius 2 is 1.76 bits per heavy atom. The fraction of sp³-hybridized carbons (Fsp3) is 0.533. The van der Waals surface area contributed by atoms with Gasteiger partial charge in [0.2, 0.25) is 5.91 Å². The lowest BCUT2D eigenvalue weighted by Crippen LogP contribution is -2.41. The van der Waals surface area contributed by atoms with Crippen LogP contribution in [-0.4, -0.2) is 35.7 Å². The molecule has 2 aliphatic rings. The summed E-state index contributed by atoms with van der Waals surface area (Å²) in [5, 5.41) is 12.4. The summed E-state index contributed by atoms with van der Waals surface area (Å²) < 4.78 is 39.6. The lowest BCUT2D eigenvalue weighted by atomic mass is 9.92. The number of nitrogens with one attached hydrogen (secondary N) is 1. The van der Waals surface area contributed by atoms with Crippen molar-refractivity contribution in [2.45, 2.75) is 83.4 Å². The Morgan fingerprint density at radius 1 is 1.08 bits per heavy atom. The first kappa shape index (κ1) is 28.0. The first-order chi connectivity index (χ1) is 18.0. The number of amides is 1. The number of rotatable bonds is 10. The molecule has 0 bridgehead atoms. The van der Waals surface area contributed by atoms with Crippen molar-refractivity contribution in [3.8, 4) is 0 Å². The minimum Gasteiger partial charge on any atom is -0.481 e. The lowest BCUT2D eigenvalue weighted by molar-refractivity contribution is -0.142. The topological polar surface area (TPSA) is 69.6 Å². The van der Waals surface area contributed by atoms with Crippen LogP contribution in [0.25, 0.3) is 0 Å². The van der Waals surface area contributed by atoms with Crippen LogP contribution in [0.2, 0.25) is 0 Å². The zero-order valence-electron chi connectivity index (χ0n) is 22.1. The second kappa shape index (κ2) is 11.8. The summed E-state index contributed by atoms with van der Waals surface area (Å²) in [5.74, 6) is -2.24. The van der Waals surface area contributed by atoms with Gasteiger partial charge in [0, 0.05) is 19.0 Å². The maximum atomic E-state index is 13.2. The molecular weight excluding hydrogens is 493 g/mol. The Balaban J connectivity index is 1.64. The zero-order valence-corrected chi connectivity index (χ0v) is 22.1. The molecule has 2 N–H and O–H groups in total. The van der Waals surface area contributed by atoms with E-state index in [0.29, 0.717) is 17.8 Å². The van der Waals surface area contributed by atoms with Gasteiger partial charge in [-0.05, 0) is 61.3 Å². The van der Waals surface area contributed by atoms with Crippen molar-refractivity contribution in [2.24, 2.45) is 11.8 Å². The molecule has 2 fully saturated rings. The molecule has 206 valence electrons. The van der Waals surface area contributed by atoms with Crippen LogP contribution in [0.4, 0.5) is 24.5 Å². The SMILES string of the molecule is Cc1ccc(CC(=O)Nc2cc([C@@H]3C[C@@H]3C(=O)O)ccc2N(CC(C)CC(F)(F)F)C2CCCCC2)cc1. The van der Waals surface area contributed by atoms with E-state index >= 15 is 0 Å². The molecule has 0 aliphatic heterocycles. The number of nitrogens with zero attached hydrogens (tertiary/aromatic N) is 1. The second-order valence-electron chi connectivity index (χ2n) is 11.1. The number of aliphatic carboxylic acids is 1. The first-order valence-corrected chi connectivity index (χ1v) is 13.6. The molecule has 2 aromatic carbocycles. The summed E-state index contributed by atoms with van der Waals surface area (Å²) in [6, 6.07) is 13.4. The zero-order chi connectivity index (χ0) is 27.4. The average molecular weight is 531 g/mol. The summed E-state index contributed by atoms with van der Waals surface area (Å²) in [6.07, 6.45) is 0.520. The van der Waals surface area contributed by atoms with Gasteiger partial charge in [0.05, 0.1) is 23.7 Å². The van der Waals surface area contributed by atoms with Crippen molar-refractivity contribution in [1.29, 1.82) is 0 Å². The fourth-order valence-corrected chi connectivity index (χ4v) is 5.69. The number of alkyl halides is 3. The molecule has 0 heterocycles. The molecule has 0 aromatic heterocycles. The van der Waals surface area contributed by atoms with Crippen LogP contribution in [0.5, 0.6) is 0 Å². The minimum atomic E-state index is -4.25. The number of halogens is 3. The van der Waals surface area contributed by atoms with Crippen molar-refractivity contribution in [1.82, 2.24) is 0 Å². The van der Waals surface area contributed by atoms with E-state index in [0.717, 1.165) is 48.8 Å². The predicted octanol–water partition coefficient (Wildman–Crippen LogP) is 7.09.